The molecule has 2 aromatic carbocycles. The zero-order chi connectivity index (χ0) is 19.3. The minimum atomic E-state index is -0.183. The van der Waals surface area contributed by atoms with Gasteiger partial charge in [-0.2, -0.15) is 0 Å². The minimum Gasteiger partial charge on any atom is -0.508 e. The molecule has 0 aliphatic rings. The van der Waals surface area contributed by atoms with Crippen molar-refractivity contribution < 1.29 is 9.90 Å². The van der Waals surface area contributed by atoms with Crippen molar-refractivity contribution in [2.45, 2.75) is 45.4 Å². The Kier molecular flexibility index (Phi) is 8.98. The highest BCUT2D eigenvalue weighted by atomic mass is 16.3. The molecule has 2 aromatic rings. The van der Waals surface area contributed by atoms with Crippen LogP contribution < -0.4 is 10.6 Å². The van der Waals surface area contributed by atoms with E-state index in [1.54, 1.807) is 30.3 Å². The van der Waals surface area contributed by atoms with Crippen LogP contribution in [-0.4, -0.2) is 17.6 Å². The molecule has 0 atom stereocenters. The molecule has 0 heterocycles. The van der Waals surface area contributed by atoms with E-state index in [-0.39, 0.29) is 11.7 Å². The summed E-state index contributed by atoms with van der Waals surface area (Å²) in [6.45, 7) is 3.13. The van der Waals surface area contributed by atoms with Gasteiger partial charge in [-0.25, -0.2) is 0 Å². The zero-order valence-electron chi connectivity index (χ0n) is 16.1. The normalized spacial score (nSPS) is 10.9. The van der Waals surface area contributed by atoms with Crippen molar-refractivity contribution in [2.75, 3.05) is 17.2 Å². The second-order valence-corrected chi connectivity index (χ2v) is 6.65. The number of carbonyl (C=O) groups is 1. The second-order valence-electron chi connectivity index (χ2n) is 6.65. The lowest BCUT2D eigenvalue weighted by atomic mass is 10.1. The fourth-order valence-electron chi connectivity index (χ4n) is 2.81. The Labute approximate surface area is 162 Å². The number of unbranched alkanes of at least 4 members (excludes halogenated alkanes) is 5. The summed E-state index contributed by atoms with van der Waals surface area (Å²) >= 11 is 0. The third-order valence-electron chi connectivity index (χ3n) is 4.35. The Morgan fingerprint density at radius 3 is 2.33 bits per heavy atom. The highest BCUT2D eigenvalue weighted by Crippen LogP contribution is 2.21. The molecule has 0 bridgehead atoms. The standard InChI is InChI=1S/C23H30N2O2/c1-2-3-4-5-6-9-18-24-21-10-7-8-11-22(21)25-23(27)17-14-19-12-15-20(26)16-13-19/h7-8,10-17,24,26H,2-6,9,18H2,1H3,(H,25,27)/b17-14+. The molecule has 27 heavy (non-hydrogen) atoms. The van der Waals surface area contributed by atoms with E-state index in [4.69, 9.17) is 0 Å². The van der Waals surface area contributed by atoms with Crippen molar-refractivity contribution >= 4 is 23.4 Å². The Bertz CT molecular complexity index is 723. The van der Waals surface area contributed by atoms with Crippen molar-refractivity contribution in [3.63, 3.8) is 0 Å². The average Bonchev–Trinajstić information content (AvgIpc) is 2.68. The number of phenolic OH excluding ortho intramolecular Hbond substituents is 1. The van der Waals surface area contributed by atoms with Gasteiger partial charge in [-0.3, -0.25) is 4.79 Å². The van der Waals surface area contributed by atoms with E-state index in [2.05, 4.69) is 17.6 Å². The number of nitrogens with one attached hydrogen (secondary N) is 2. The molecule has 0 unspecified atom stereocenters. The van der Waals surface area contributed by atoms with E-state index >= 15 is 0 Å². The van der Waals surface area contributed by atoms with Gasteiger partial charge in [-0.1, -0.05) is 63.3 Å². The predicted octanol–water partition coefficient (Wildman–Crippen LogP) is 5.82. The first kappa shape index (κ1) is 20.6. The molecule has 144 valence electrons. The summed E-state index contributed by atoms with van der Waals surface area (Å²) in [6.07, 6.45) is 10.8. The summed E-state index contributed by atoms with van der Waals surface area (Å²) in [6, 6.07) is 14.5. The zero-order valence-corrected chi connectivity index (χ0v) is 16.1. The van der Waals surface area contributed by atoms with E-state index in [0.717, 1.165) is 29.9 Å². The summed E-state index contributed by atoms with van der Waals surface area (Å²) < 4.78 is 0. The van der Waals surface area contributed by atoms with Gasteiger partial charge in [0, 0.05) is 12.6 Å². The number of hydrogen-bond acceptors (Lipinski definition) is 3. The number of benzene rings is 2. The quantitative estimate of drug-likeness (QED) is 0.347. The molecule has 0 aromatic heterocycles. The van der Waals surface area contributed by atoms with Crippen LogP contribution in [0.1, 0.15) is 51.0 Å². The molecule has 4 nitrogen and oxygen atoms in total. The SMILES string of the molecule is CCCCCCCCNc1ccccc1NC(=O)/C=C/c1ccc(O)cc1. The Morgan fingerprint density at radius 2 is 1.59 bits per heavy atom. The molecule has 0 radical (unpaired) electrons. The summed E-state index contributed by atoms with van der Waals surface area (Å²) in [5.74, 6) is 0.0267. The van der Waals surface area contributed by atoms with Crippen LogP contribution in [0.2, 0.25) is 0 Å². The van der Waals surface area contributed by atoms with Crippen LogP contribution in [0.3, 0.4) is 0 Å². The van der Waals surface area contributed by atoms with E-state index in [0.29, 0.717) is 0 Å². The topological polar surface area (TPSA) is 61.4 Å². The number of anilines is 2. The molecule has 4 heteroatoms. The van der Waals surface area contributed by atoms with Crippen molar-refractivity contribution in [2.24, 2.45) is 0 Å². The highest BCUT2D eigenvalue weighted by molar-refractivity contribution is 6.03. The first-order valence-corrected chi connectivity index (χ1v) is 9.80. The molecule has 1 amide bonds. The van der Waals surface area contributed by atoms with E-state index < -0.39 is 0 Å². The van der Waals surface area contributed by atoms with Gasteiger partial charge in [0.25, 0.3) is 0 Å². The molecule has 0 spiro atoms. The van der Waals surface area contributed by atoms with Crippen LogP contribution in [0.5, 0.6) is 5.75 Å². The lowest BCUT2D eigenvalue weighted by molar-refractivity contribution is -0.111. The van der Waals surface area contributed by atoms with Gasteiger partial charge in [0.2, 0.25) is 5.91 Å². The minimum absolute atomic E-state index is 0.183. The molecule has 0 saturated carbocycles. The number of hydrogen-bond donors (Lipinski definition) is 3. The molecule has 0 aliphatic carbocycles. The maximum atomic E-state index is 12.2. The number of phenols is 1. The monoisotopic (exact) mass is 366 g/mol. The number of para-hydroxylation sites is 2. The lowest BCUT2D eigenvalue weighted by Gasteiger charge is -2.12. The van der Waals surface area contributed by atoms with Crippen molar-refractivity contribution in [1.29, 1.82) is 0 Å². The predicted molar refractivity (Wildman–Crippen MR) is 114 cm³/mol. The van der Waals surface area contributed by atoms with Crippen LogP contribution in [0, 0.1) is 0 Å². The van der Waals surface area contributed by atoms with Crippen molar-refractivity contribution in [3.05, 3.63) is 60.2 Å². The van der Waals surface area contributed by atoms with E-state index in [1.807, 2.05) is 24.3 Å². The maximum Gasteiger partial charge on any atom is 0.248 e. The molecule has 0 aliphatic heterocycles. The van der Waals surface area contributed by atoms with E-state index in [9.17, 15) is 9.90 Å². The fraction of sp³-hybridized carbons (Fsp3) is 0.348. The summed E-state index contributed by atoms with van der Waals surface area (Å²) in [5.41, 5.74) is 2.58. The first-order chi connectivity index (χ1) is 13.2. The smallest absolute Gasteiger partial charge is 0.248 e. The second kappa shape index (κ2) is 11.8. The maximum absolute atomic E-state index is 12.2. The summed E-state index contributed by atoms with van der Waals surface area (Å²) in [4.78, 5) is 12.2. The highest BCUT2D eigenvalue weighted by Gasteiger charge is 2.04. The summed E-state index contributed by atoms with van der Waals surface area (Å²) in [5, 5.41) is 15.6. The van der Waals surface area contributed by atoms with Crippen LogP contribution in [0.4, 0.5) is 11.4 Å². The number of carbonyl (C=O) groups excluding carboxylic acids is 1. The van der Waals surface area contributed by atoms with Gasteiger partial charge < -0.3 is 15.7 Å². The van der Waals surface area contributed by atoms with Crippen LogP contribution in [0.15, 0.2) is 54.6 Å². The van der Waals surface area contributed by atoms with Crippen molar-refractivity contribution in [3.8, 4) is 5.75 Å². The lowest BCUT2D eigenvalue weighted by Crippen LogP contribution is -2.11. The summed E-state index contributed by atoms with van der Waals surface area (Å²) in [7, 11) is 0. The number of amides is 1. The molecule has 3 N–H and O–H groups in total. The van der Waals surface area contributed by atoms with Crippen molar-refractivity contribution in [1.82, 2.24) is 0 Å². The van der Waals surface area contributed by atoms with Gasteiger partial charge in [0.05, 0.1) is 11.4 Å². The van der Waals surface area contributed by atoms with Crippen LogP contribution >= 0.6 is 0 Å². The molecule has 0 saturated heterocycles. The largest absolute Gasteiger partial charge is 0.508 e. The van der Waals surface area contributed by atoms with Gasteiger partial charge in [0.15, 0.2) is 0 Å². The van der Waals surface area contributed by atoms with Gasteiger partial charge >= 0.3 is 0 Å². The van der Waals surface area contributed by atoms with E-state index in [1.165, 1.54) is 38.2 Å². The fourth-order valence-corrected chi connectivity index (χ4v) is 2.81. The molecular weight excluding hydrogens is 336 g/mol. The number of aromatic hydroxyl groups is 1. The van der Waals surface area contributed by atoms with Crippen LogP contribution in [-0.2, 0) is 4.79 Å². The molecule has 2 rings (SSSR count). The Hall–Kier alpha value is -2.75. The first-order valence-electron chi connectivity index (χ1n) is 9.80. The third-order valence-corrected chi connectivity index (χ3v) is 4.35. The van der Waals surface area contributed by atoms with Gasteiger partial charge in [0.1, 0.15) is 5.75 Å². The molecular formula is C23H30N2O2. The Morgan fingerprint density at radius 1 is 0.926 bits per heavy atom. The molecule has 0 fully saturated rings. The average molecular weight is 367 g/mol. The van der Waals surface area contributed by atoms with Gasteiger partial charge in [-0.15, -0.1) is 0 Å². The van der Waals surface area contributed by atoms with Crippen LogP contribution in [0.25, 0.3) is 6.08 Å². The Balaban J connectivity index is 1.81. The van der Waals surface area contributed by atoms with Gasteiger partial charge in [-0.05, 0) is 42.3 Å². The number of rotatable bonds is 11. The third kappa shape index (κ3) is 7.99.